The molecule has 11 nitrogen and oxygen atoms in total. The molecule has 4 aromatic rings. The van der Waals surface area contributed by atoms with Gasteiger partial charge in [0.15, 0.2) is 0 Å². The summed E-state index contributed by atoms with van der Waals surface area (Å²) in [7, 11) is 5.67. The van der Waals surface area contributed by atoms with Crippen LogP contribution in [0.5, 0.6) is 0 Å². The number of anilines is 5. The molecule has 0 radical (unpaired) electrons. The van der Waals surface area contributed by atoms with Gasteiger partial charge in [-0.1, -0.05) is 42.5 Å². The maximum atomic E-state index is 13.1. The van der Waals surface area contributed by atoms with E-state index in [1.165, 1.54) is 12.3 Å². The Kier molecular flexibility index (Phi) is 9.57. The van der Waals surface area contributed by atoms with Crippen LogP contribution in [-0.4, -0.2) is 63.6 Å². The molecule has 206 valence electrons. The number of likely N-dealkylation sites (N-methyl/N-ethyl adjacent to an activating group) is 1. The highest BCUT2D eigenvalue weighted by Crippen LogP contribution is 2.23. The monoisotopic (exact) mass is 539 g/mol. The number of aryl methyl sites for hydroxylation is 1. The largest absolute Gasteiger partial charge is 0.352 e. The minimum absolute atomic E-state index is 0.234. The fraction of sp³-hybridized carbons (Fsp3) is 0.207. The van der Waals surface area contributed by atoms with Gasteiger partial charge in [-0.3, -0.25) is 14.3 Å². The highest BCUT2D eigenvalue weighted by molar-refractivity contribution is 6.00. The van der Waals surface area contributed by atoms with Crippen molar-refractivity contribution in [2.24, 2.45) is 7.05 Å². The van der Waals surface area contributed by atoms with Gasteiger partial charge in [0.25, 0.3) is 5.91 Å². The lowest BCUT2D eigenvalue weighted by Gasteiger charge is -2.14. The molecule has 2 heterocycles. The van der Waals surface area contributed by atoms with Crippen LogP contribution in [0, 0.1) is 0 Å². The molecule has 0 fully saturated rings. The van der Waals surface area contributed by atoms with Crippen molar-refractivity contribution in [1.29, 1.82) is 0 Å². The number of carbonyl (C=O) groups is 2. The summed E-state index contributed by atoms with van der Waals surface area (Å²) in [5, 5.41) is 16.3. The van der Waals surface area contributed by atoms with Crippen molar-refractivity contribution < 1.29 is 9.59 Å². The van der Waals surface area contributed by atoms with Gasteiger partial charge in [0.1, 0.15) is 11.4 Å². The van der Waals surface area contributed by atoms with E-state index < -0.39 is 0 Å². The van der Waals surface area contributed by atoms with Crippen LogP contribution in [0.4, 0.5) is 28.8 Å². The Bertz CT molecular complexity index is 1470. The molecule has 0 aliphatic heterocycles. The third-order valence-corrected chi connectivity index (χ3v) is 5.67. The molecule has 0 aliphatic rings. The average Bonchev–Trinajstić information content (AvgIpc) is 3.33. The second-order valence-electron chi connectivity index (χ2n) is 9.33. The van der Waals surface area contributed by atoms with E-state index in [1.54, 1.807) is 41.4 Å². The molecule has 0 unspecified atom stereocenters. The van der Waals surface area contributed by atoms with Crippen molar-refractivity contribution in [3.05, 3.63) is 96.5 Å². The number of benzene rings is 2. The maximum absolute atomic E-state index is 13.1. The predicted octanol–water partition coefficient (Wildman–Crippen LogP) is 3.73. The van der Waals surface area contributed by atoms with Gasteiger partial charge in [0, 0.05) is 50.0 Å². The number of aromatic nitrogens is 4. The van der Waals surface area contributed by atoms with Crippen LogP contribution in [0.3, 0.4) is 0 Å². The van der Waals surface area contributed by atoms with Crippen molar-refractivity contribution in [2.45, 2.75) is 6.42 Å². The lowest BCUT2D eigenvalue weighted by Crippen LogP contribution is -2.27. The molecule has 0 saturated heterocycles. The Morgan fingerprint density at radius 1 is 0.975 bits per heavy atom. The van der Waals surface area contributed by atoms with Gasteiger partial charge in [-0.25, -0.2) is 4.98 Å². The standard InChI is InChI=1S/C29H33N9O2/c1-37(2)16-8-13-26(39)33-22-11-7-12-23(17-22)34-27-25(28(40)30-15-14-21-9-5-4-6-10-21)19-31-29(36-27)35-24-18-32-38(3)20-24/h4-13,17-20H,14-16H2,1-3H3,(H,30,40)(H,33,39)(H2,31,34,35,36). The molecule has 4 rings (SSSR count). The third-order valence-electron chi connectivity index (χ3n) is 5.67. The number of carbonyl (C=O) groups excluding carboxylic acids is 2. The van der Waals surface area contributed by atoms with E-state index >= 15 is 0 Å². The first-order chi connectivity index (χ1) is 19.4. The van der Waals surface area contributed by atoms with E-state index in [0.717, 1.165) is 5.56 Å². The van der Waals surface area contributed by atoms with Gasteiger partial charge in [-0.2, -0.15) is 10.1 Å². The van der Waals surface area contributed by atoms with Crippen molar-refractivity contribution in [2.75, 3.05) is 43.1 Å². The zero-order chi connectivity index (χ0) is 28.3. The minimum atomic E-state index is -0.304. The zero-order valence-corrected chi connectivity index (χ0v) is 22.8. The molecule has 0 spiro atoms. The highest BCUT2D eigenvalue weighted by Gasteiger charge is 2.16. The summed E-state index contributed by atoms with van der Waals surface area (Å²) in [6.45, 7) is 1.12. The molecule has 2 aromatic heterocycles. The van der Waals surface area contributed by atoms with E-state index in [9.17, 15) is 9.59 Å². The third kappa shape index (κ3) is 8.50. The van der Waals surface area contributed by atoms with E-state index in [4.69, 9.17) is 0 Å². The first-order valence-electron chi connectivity index (χ1n) is 12.8. The fourth-order valence-corrected chi connectivity index (χ4v) is 3.74. The lowest BCUT2D eigenvalue weighted by atomic mass is 10.1. The van der Waals surface area contributed by atoms with Gasteiger partial charge in [0.2, 0.25) is 11.9 Å². The Morgan fingerprint density at radius 2 is 1.77 bits per heavy atom. The van der Waals surface area contributed by atoms with E-state index in [2.05, 4.69) is 36.3 Å². The summed E-state index contributed by atoms with van der Waals surface area (Å²) < 4.78 is 1.66. The van der Waals surface area contributed by atoms with Crippen molar-refractivity contribution >= 4 is 40.6 Å². The molecule has 0 atom stereocenters. The van der Waals surface area contributed by atoms with Crippen molar-refractivity contribution in [3.8, 4) is 0 Å². The summed E-state index contributed by atoms with van der Waals surface area (Å²) in [4.78, 5) is 36.3. The van der Waals surface area contributed by atoms with Gasteiger partial charge < -0.3 is 26.2 Å². The molecule has 4 N–H and O–H groups in total. The van der Waals surface area contributed by atoms with Gasteiger partial charge in [-0.05, 0) is 44.3 Å². The van der Waals surface area contributed by atoms with Crippen molar-refractivity contribution in [3.63, 3.8) is 0 Å². The summed E-state index contributed by atoms with van der Waals surface area (Å²) in [5.41, 5.74) is 3.36. The minimum Gasteiger partial charge on any atom is -0.352 e. The van der Waals surface area contributed by atoms with Crippen LogP contribution in [0.15, 0.2) is 85.3 Å². The topological polar surface area (TPSA) is 129 Å². The molecule has 0 bridgehead atoms. The Morgan fingerprint density at radius 3 is 2.52 bits per heavy atom. The molecule has 0 saturated carbocycles. The predicted molar refractivity (Wildman–Crippen MR) is 157 cm³/mol. The summed E-state index contributed by atoms with van der Waals surface area (Å²) in [6, 6.07) is 17.1. The molecular weight excluding hydrogens is 506 g/mol. The van der Waals surface area contributed by atoms with Gasteiger partial charge in [0.05, 0.1) is 11.9 Å². The number of rotatable bonds is 12. The van der Waals surface area contributed by atoms with Crippen LogP contribution < -0.4 is 21.3 Å². The van der Waals surface area contributed by atoms with Gasteiger partial charge in [-0.15, -0.1) is 0 Å². The van der Waals surface area contributed by atoms with Gasteiger partial charge >= 0.3 is 0 Å². The van der Waals surface area contributed by atoms with Crippen LogP contribution in [-0.2, 0) is 18.3 Å². The number of amides is 2. The number of hydrogen-bond donors (Lipinski definition) is 4. The second-order valence-corrected chi connectivity index (χ2v) is 9.33. The number of nitrogens with one attached hydrogen (secondary N) is 4. The molecule has 11 heteroatoms. The molecule has 40 heavy (non-hydrogen) atoms. The quantitative estimate of drug-likeness (QED) is 0.201. The van der Waals surface area contributed by atoms with E-state index in [-0.39, 0.29) is 17.4 Å². The molecule has 2 aromatic carbocycles. The normalized spacial score (nSPS) is 11.0. The Balaban J connectivity index is 1.51. The molecule has 0 aliphatic carbocycles. The first-order valence-corrected chi connectivity index (χ1v) is 12.8. The lowest BCUT2D eigenvalue weighted by molar-refractivity contribution is -0.111. The zero-order valence-electron chi connectivity index (χ0n) is 22.8. The Labute approximate surface area is 233 Å². The number of nitrogens with zero attached hydrogens (tertiary/aromatic N) is 5. The Hall–Kier alpha value is -5.03. The average molecular weight is 540 g/mol. The number of hydrogen-bond acceptors (Lipinski definition) is 8. The summed E-state index contributed by atoms with van der Waals surface area (Å²) >= 11 is 0. The summed E-state index contributed by atoms with van der Waals surface area (Å²) in [6.07, 6.45) is 8.91. The molecular formula is C29H33N9O2. The van der Waals surface area contributed by atoms with Crippen molar-refractivity contribution in [1.82, 2.24) is 30.0 Å². The van der Waals surface area contributed by atoms with Crippen LogP contribution in [0.1, 0.15) is 15.9 Å². The SMILES string of the molecule is CN(C)CC=CC(=O)Nc1cccc(Nc2nc(Nc3cnn(C)c3)ncc2C(=O)NCCc2ccccc2)c1. The fourth-order valence-electron chi connectivity index (χ4n) is 3.74. The first kappa shape index (κ1) is 28.0. The molecule has 2 amide bonds. The van der Waals surface area contributed by atoms with E-state index in [0.29, 0.717) is 48.3 Å². The van der Waals surface area contributed by atoms with Crippen LogP contribution in [0.25, 0.3) is 0 Å². The maximum Gasteiger partial charge on any atom is 0.256 e. The highest BCUT2D eigenvalue weighted by atomic mass is 16.2. The smallest absolute Gasteiger partial charge is 0.256 e. The van der Waals surface area contributed by atoms with E-state index in [1.807, 2.05) is 62.4 Å². The van der Waals surface area contributed by atoms with Crippen LogP contribution >= 0.6 is 0 Å². The van der Waals surface area contributed by atoms with Crippen LogP contribution in [0.2, 0.25) is 0 Å². The summed E-state index contributed by atoms with van der Waals surface area (Å²) in [5.74, 6) is 0.0732. The second kappa shape index (κ2) is 13.7.